The van der Waals surface area contributed by atoms with E-state index < -0.39 is 0 Å². The maximum Gasteiger partial charge on any atom is 0.270 e. The average Bonchev–Trinajstić information content (AvgIpc) is 2.95. The quantitative estimate of drug-likeness (QED) is 0.795. The summed E-state index contributed by atoms with van der Waals surface area (Å²) in [6, 6.07) is 1.96. The van der Waals surface area contributed by atoms with Gasteiger partial charge in [0.1, 0.15) is 17.5 Å². The van der Waals surface area contributed by atoms with E-state index in [1.54, 1.807) is 11.5 Å². The van der Waals surface area contributed by atoms with Crippen LogP contribution in [-0.2, 0) is 6.54 Å². The van der Waals surface area contributed by atoms with E-state index >= 15 is 0 Å². The average molecular weight is 287 g/mol. The molecule has 21 heavy (non-hydrogen) atoms. The van der Waals surface area contributed by atoms with Crippen molar-refractivity contribution in [2.75, 3.05) is 18.0 Å². The number of rotatable bonds is 4. The molecule has 1 aliphatic rings. The van der Waals surface area contributed by atoms with Crippen LogP contribution in [0.15, 0.2) is 4.79 Å². The van der Waals surface area contributed by atoms with Gasteiger partial charge in [-0.2, -0.15) is 5.26 Å². The Labute approximate surface area is 124 Å². The van der Waals surface area contributed by atoms with Crippen LogP contribution in [0.2, 0.25) is 0 Å². The largest absolute Gasteiger partial charge is 0.357 e. The molecule has 5 heteroatoms. The fourth-order valence-corrected chi connectivity index (χ4v) is 2.92. The van der Waals surface area contributed by atoms with E-state index in [0.29, 0.717) is 23.5 Å². The minimum atomic E-state index is -0.281. The van der Waals surface area contributed by atoms with E-state index in [4.69, 9.17) is 0 Å². The Balaban J connectivity index is 2.77. The molecular weight excluding hydrogens is 266 g/mol. The van der Waals surface area contributed by atoms with Crippen LogP contribution in [0.1, 0.15) is 48.2 Å². The predicted octanol–water partition coefficient (Wildman–Crippen LogP) is 2.10. The Morgan fingerprint density at radius 1 is 1.33 bits per heavy atom. The standard InChI is InChI=1S/C16H21N3O2/c1-11(2)9-19-15(18-6-4-5-7-18)14(10-20)12(3)13(8-17)16(19)21/h10-11H,4-7,9H2,1-3H3. The van der Waals surface area contributed by atoms with Crippen LogP contribution in [0, 0.1) is 24.2 Å². The summed E-state index contributed by atoms with van der Waals surface area (Å²) in [7, 11) is 0. The van der Waals surface area contributed by atoms with E-state index in [0.717, 1.165) is 32.2 Å². The maximum atomic E-state index is 12.6. The van der Waals surface area contributed by atoms with Crippen molar-refractivity contribution in [2.45, 2.75) is 40.2 Å². The highest BCUT2D eigenvalue weighted by Crippen LogP contribution is 2.26. The number of carbonyl (C=O) groups is 1. The van der Waals surface area contributed by atoms with Crippen molar-refractivity contribution in [1.29, 1.82) is 5.26 Å². The van der Waals surface area contributed by atoms with Crippen molar-refractivity contribution < 1.29 is 4.79 Å². The third kappa shape index (κ3) is 2.71. The van der Waals surface area contributed by atoms with Gasteiger partial charge in [-0.3, -0.25) is 14.2 Å². The van der Waals surface area contributed by atoms with Crippen LogP contribution in [0.3, 0.4) is 0 Å². The summed E-state index contributed by atoms with van der Waals surface area (Å²) in [5.41, 5.74) is 0.782. The smallest absolute Gasteiger partial charge is 0.270 e. The van der Waals surface area contributed by atoms with Gasteiger partial charge in [-0.1, -0.05) is 13.8 Å². The van der Waals surface area contributed by atoms with Gasteiger partial charge >= 0.3 is 0 Å². The zero-order valence-electron chi connectivity index (χ0n) is 12.8. The minimum absolute atomic E-state index is 0.0840. The lowest BCUT2D eigenvalue weighted by Crippen LogP contribution is -2.34. The molecule has 0 atom stereocenters. The molecule has 0 N–H and O–H groups in total. The Bertz CT molecular complexity index is 647. The van der Waals surface area contributed by atoms with Crippen molar-refractivity contribution in [2.24, 2.45) is 5.92 Å². The molecular formula is C16H21N3O2. The summed E-state index contributed by atoms with van der Waals surface area (Å²) in [5.74, 6) is 0.954. The third-order valence-electron chi connectivity index (χ3n) is 3.92. The van der Waals surface area contributed by atoms with Gasteiger partial charge < -0.3 is 4.90 Å². The Morgan fingerprint density at radius 3 is 2.43 bits per heavy atom. The second-order valence-electron chi connectivity index (χ2n) is 5.97. The molecule has 0 spiro atoms. The molecule has 2 rings (SSSR count). The Morgan fingerprint density at radius 2 is 1.95 bits per heavy atom. The number of pyridine rings is 1. The number of hydrogen-bond acceptors (Lipinski definition) is 4. The number of nitrogens with zero attached hydrogens (tertiary/aromatic N) is 3. The second-order valence-corrected chi connectivity index (χ2v) is 5.97. The lowest BCUT2D eigenvalue weighted by atomic mass is 10.0. The topological polar surface area (TPSA) is 66.1 Å². The van der Waals surface area contributed by atoms with Gasteiger partial charge in [-0.25, -0.2) is 0 Å². The van der Waals surface area contributed by atoms with E-state index in [9.17, 15) is 14.9 Å². The van der Waals surface area contributed by atoms with E-state index in [1.807, 2.05) is 19.9 Å². The fourth-order valence-electron chi connectivity index (χ4n) is 2.92. The highest BCUT2D eigenvalue weighted by atomic mass is 16.1. The SMILES string of the molecule is Cc1c(C=O)c(N2CCCC2)n(CC(C)C)c(=O)c1C#N. The molecule has 1 aromatic heterocycles. The summed E-state index contributed by atoms with van der Waals surface area (Å²) < 4.78 is 1.62. The van der Waals surface area contributed by atoms with Gasteiger partial charge in [0.15, 0.2) is 6.29 Å². The molecule has 0 amide bonds. The summed E-state index contributed by atoms with van der Waals surface area (Å²) in [5, 5.41) is 9.24. The summed E-state index contributed by atoms with van der Waals surface area (Å²) in [6.07, 6.45) is 2.90. The molecule has 0 bridgehead atoms. The van der Waals surface area contributed by atoms with E-state index in [2.05, 4.69) is 4.90 Å². The first-order valence-electron chi connectivity index (χ1n) is 7.38. The Hall–Kier alpha value is -2.09. The van der Waals surface area contributed by atoms with Gasteiger partial charge in [0.05, 0.1) is 5.56 Å². The first kappa shape index (κ1) is 15.3. The van der Waals surface area contributed by atoms with Crippen molar-refractivity contribution in [3.63, 3.8) is 0 Å². The lowest BCUT2D eigenvalue weighted by Gasteiger charge is -2.26. The zero-order valence-corrected chi connectivity index (χ0v) is 12.8. The van der Waals surface area contributed by atoms with Crippen LogP contribution < -0.4 is 10.5 Å². The number of aromatic nitrogens is 1. The fraction of sp³-hybridized carbons (Fsp3) is 0.562. The van der Waals surface area contributed by atoms with Crippen molar-refractivity contribution in [3.8, 4) is 6.07 Å². The van der Waals surface area contributed by atoms with E-state index in [1.165, 1.54) is 0 Å². The van der Waals surface area contributed by atoms with Crippen molar-refractivity contribution >= 4 is 12.1 Å². The van der Waals surface area contributed by atoms with Crippen molar-refractivity contribution in [1.82, 2.24) is 4.57 Å². The van der Waals surface area contributed by atoms with Crippen LogP contribution >= 0.6 is 0 Å². The lowest BCUT2D eigenvalue weighted by molar-refractivity contribution is 0.112. The van der Waals surface area contributed by atoms with Gasteiger partial charge in [0, 0.05) is 19.6 Å². The van der Waals surface area contributed by atoms with E-state index in [-0.39, 0.29) is 17.0 Å². The normalized spacial score (nSPS) is 14.5. The van der Waals surface area contributed by atoms with Crippen LogP contribution in [0.25, 0.3) is 0 Å². The van der Waals surface area contributed by atoms with Crippen LogP contribution in [0.5, 0.6) is 0 Å². The molecule has 1 aromatic rings. The number of nitriles is 1. The number of hydrogen-bond donors (Lipinski definition) is 0. The summed E-state index contributed by atoms with van der Waals surface area (Å²) in [6.45, 7) is 7.94. The predicted molar refractivity (Wildman–Crippen MR) is 81.8 cm³/mol. The molecule has 0 saturated carbocycles. The van der Waals surface area contributed by atoms with Crippen LogP contribution in [0.4, 0.5) is 5.82 Å². The molecule has 5 nitrogen and oxygen atoms in total. The maximum absolute atomic E-state index is 12.6. The third-order valence-corrected chi connectivity index (χ3v) is 3.92. The van der Waals surface area contributed by atoms with Gasteiger partial charge in [-0.15, -0.1) is 0 Å². The monoisotopic (exact) mass is 287 g/mol. The number of aldehydes is 1. The molecule has 112 valence electrons. The first-order valence-corrected chi connectivity index (χ1v) is 7.38. The summed E-state index contributed by atoms with van der Waals surface area (Å²) >= 11 is 0. The molecule has 0 unspecified atom stereocenters. The van der Waals surface area contributed by atoms with Gasteiger partial charge in [0.25, 0.3) is 5.56 Å². The molecule has 1 saturated heterocycles. The summed E-state index contributed by atoms with van der Waals surface area (Å²) in [4.78, 5) is 26.3. The highest BCUT2D eigenvalue weighted by molar-refractivity contribution is 5.86. The molecule has 0 aromatic carbocycles. The van der Waals surface area contributed by atoms with Crippen molar-refractivity contribution in [3.05, 3.63) is 27.0 Å². The second kappa shape index (κ2) is 6.13. The molecule has 1 aliphatic heterocycles. The zero-order chi connectivity index (χ0) is 15.6. The molecule has 0 aliphatic carbocycles. The Kier molecular flexibility index (Phi) is 4.46. The number of carbonyl (C=O) groups excluding carboxylic acids is 1. The van der Waals surface area contributed by atoms with Gasteiger partial charge in [0.2, 0.25) is 0 Å². The molecule has 2 heterocycles. The van der Waals surface area contributed by atoms with Gasteiger partial charge in [-0.05, 0) is 31.2 Å². The first-order chi connectivity index (χ1) is 10.0. The highest BCUT2D eigenvalue weighted by Gasteiger charge is 2.25. The molecule has 1 fully saturated rings. The van der Waals surface area contributed by atoms with Crippen LogP contribution in [-0.4, -0.2) is 23.9 Å². The number of anilines is 1. The molecule has 0 radical (unpaired) electrons. The minimum Gasteiger partial charge on any atom is -0.357 e.